The Labute approximate surface area is 158 Å². The van der Waals surface area contributed by atoms with Gasteiger partial charge in [0, 0.05) is 36.6 Å². The van der Waals surface area contributed by atoms with E-state index in [0.29, 0.717) is 5.92 Å². The number of hydrogen-bond donors (Lipinski definition) is 1. The molecule has 1 saturated heterocycles. The summed E-state index contributed by atoms with van der Waals surface area (Å²) in [5, 5.41) is 0. The molecule has 1 aliphatic heterocycles. The van der Waals surface area contributed by atoms with Gasteiger partial charge in [-0.2, -0.15) is 0 Å². The highest BCUT2D eigenvalue weighted by molar-refractivity contribution is 5.50. The molecule has 3 aromatic rings. The Morgan fingerprint density at radius 3 is 2.74 bits per heavy atom. The lowest BCUT2D eigenvalue weighted by Crippen LogP contribution is -2.34. The summed E-state index contributed by atoms with van der Waals surface area (Å²) < 4.78 is 13.1. The number of aromatic amines is 1. The molecule has 0 bridgehead atoms. The largest absolute Gasteiger partial charge is 0.341 e. The molecule has 1 atom stereocenters. The fourth-order valence-corrected chi connectivity index (χ4v) is 3.70. The zero-order valence-electron chi connectivity index (χ0n) is 15.7. The molecule has 5 nitrogen and oxygen atoms in total. The van der Waals surface area contributed by atoms with Crippen LogP contribution in [0.25, 0.3) is 11.5 Å². The molecule has 0 amide bonds. The van der Waals surface area contributed by atoms with Crippen molar-refractivity contribution in [2.45, 2.75) is 39.2 Å². The van der Waals surface area contributed by atoms with Gasteiger partial charge in [0.15, 0.2) is 5.82 Å². The number of piperidine rings is 1. The number of H-pyrrole nitrogens is 1. The van der Waals surface area contributed by atoms with E-state index in [1.165, 1.54) is 12.1 Å². The lowest BCUT2D eigenvalue weighted by molar-refractivity contribution is 0.196. The van der Waals surface area contributed by atoms with Crippen LogP contribution in [0.2, 0.25) is 0 Å². The maximum absolute atomic E-state index is 13.1. The van der Waals surface area contributed by atoms with Crippen LogP contribution in [-0.4, -0.2) is 37.9 Å². The monoisotopic (exact) mass is 365 g/mol. The molecule has 0 spiro atoms. The minimum Gasteiger partial charge on any atom is -0.341 e. The highest BCUT2D eigenvalue weighted by Crippen LogP contribution is 2.27. The molecule has 4 rings (SSSR count). The molecule has 1 aromatic carbocycles. The zero-order chi connectivity index (χ0) is 18.8. The number of aromatic nitrogens is 4. The Morgan fingerprint density at radius 1 is 1.19 bits per heavy atom. The molecular weight excluding hydrogens is 341 g/mol. The van der Waals surface area contributed by atoms with E-state index >= 15 is 0 Å². The lowest BCUT2D eigenvalue weighted by Gasteiger charge is -2.32. The van der Waals surface area contributed by atoms with Gasteiger partial charge in [0.2, 0.25) is 0 Å². The van der Waals surface area contributed by atoms with E-state index < -0.39 is 0 Å². The summed E-state index contributed by atoms with van der Waals surface area (Å²) in [6, 6.07) is 8.75. The number of nitrogens with one attached hydrogen (secondary N) is 1. The molecule has 1 unspecified atom stereocenters. The molecule has 0 saturated carbocycles. The molecular formula is C21H24FN5. The van der Waals surface area contributed by atoms with Crippen LogP contribution < -0.4 is 0 Å². The van der Waals surface area contributed by atoms with Gasteiger partial charge in [-0.25, -0.2) is 19.3 Å². The normalized spacial score (nSPS) is 18.0. The van der Waals surface area contributed by atoms with Crippen LogP contribution in [0.15, 0.2) is 36.5 Å². The van der Waals surface area contributed by atoms with E-state index in [2.05, 4.69) is 14.9 Å². The van der Waals surface area contributed by atoms with Crippen LogP contribution in [0.3, 0.4) is 0 Å². The van der Waals surface area contributed by atoms with Crippen molar-refractivity contribution in [3.8, 4) is 11.5 Å². The van der Waals surface area contributed by atoms with E-state index in [1.54, 1.807) is 0 Å². The number of imidazole rings is 1. The number of likely N-dealkylation sites (tertiary alicyclic amines) is 1. The second-order valence-corrected chi connectivity index (χ2v) is 7.37. The van der Waals surface area contributed by atoms with E-state index in [1.807, 2.05) is 38.2 Å². The highest BCUT2D eigenvalue weighted by Gasteiger charge is 2.24. The Hall–Kier alpha value is -2.60. The third-order valence-corrected chi connectivity index (χ3v) is 5.01. The average Bonchev–Trinajstić information content (AvgIpc) is 3.10. The molecule has 27 heavy (non-hydrogen) atoms. The molecule has 1 aliphatic rings. The number of halogens is 1. The summed E-state index contributed by atoms with van der Waals surface area (Å²) in [6.07, 6.45) is 4.01. The number of hydrogen-bond acceptors (Lipinski definition) is 4. The van der Waals surface area contributed by atoms with Gasteiger partial charge in [0.1, 0.15) is 17.3 Å². The topological polar surface area (TPSA) is 57.7 Å². The first-order chi connectivity index (χ1) is 13.1. The van der Waals surface area contributed by atoms with Crippen molar-refractivity contribution in [3.63, 3.8) is 0 Å². The van der Waals surface area contributed by atoms with E-state index in [4.69, 9.17) is 9.97 Å². The molecule has 1 fully saturated rings. The fourth-order valence-electron chi connectivity index (χ4n) is 3.70. The quantitative estimate of drug-likeness (QED) is 0.759. The zero-order valence-corrected chi connectivity index (χ0v) is 15.7. The minimum atomic E-state index is -0.191. The lowest BCUT2D eigenvalue weighted by atomic mass is 9.96. The van der Waals surface area contributed by atoms with Crippen LogP contribution >= 0.6 is 0 Å². The first-order valence-electron chi connectivity index (χ1n) is 9.41. The molecule has 2 aromatic heterocycles. The van der Waals surface area contributed by atoms with Crippen molar-refractivity contribution in [1.29, 1.82) is 0 Å². The van der Waals surface area contributed by atoms with Crippen molar-refractivity contribution in [2.75, 3.05) is 13.1 Å². The number of rotatable bonds is 4. The molecule has 1 N–H and O–H groups in total. The summed E-state index contributed by atoms with van der Waals surface area (Å²) in [5.74, 6) is 1.79. The number of benzene rings is 1. The average molecular weight is 365 g/mol. The van der Waals surface area contributed by atoms with Gasteiger partial charge in [-0.1, -0.05) is 12.1 Å². The van der Waals surface area contributed by atoms with Crippen LogP contribution in [0.5, 0.6) is 0 Å². The van der Waals surface area contributed by atoms with Crippen LogP contribution in [0.1, 0.15) is 41.5 Å². The molecule has 140 valence electrons. The Bertz CT molecular complexity index is 919. The second-order valence-electron chi connectivity index (χ2n) is 7.37. The standard InChI is InChI=1S/C21H24FN5/c1-14-10-19(21-23-11-15(2)25-21)26-20(24-14)17-4-3-9-27(13-17)12-16-5-7-18(22)8-6-16/h5-8,10-11,17H,3-4,9,12-13H2,1-2H3,(H,23,25). The molecule has 0 aliphatic carbocycles. The summed E-state index contributed by atoms with van der Waals surface area (Å²) in [5.41, 5.74) is 3.96. The van der Waals surface area contributed by atoms with E-state index in [9.17, 15) is 4.39 Å². The van der Waals surface area contributed by atoms with Gasteiger partial charge >= 0.3 is 0 Å². The summed E-state index contributed by atoms with van der Waals surface area (Å²) in [6.45, 7) is 6.78. The van der Waals surface area contributed by atoms with Crippen molar-refractivity contribution in [1.82, 2.24) is 24.8 Å². The van der Waals surface area contributed by atoms with Crippen LogP contribution in [0.4, 0.5) is 4.39 Å². The smallest absolute Gasteiger partial charge is 0.156 e. The summed E-state index contributed by atoms with van der Waals surface area (Å²) in [4.78, 5) is 19.6. The minimum absolute atomic E-state index is 0.191. The van der Waals surface area contributed by atoms with Crippen molar-refractivity contribution in [2.24, 2.45) is 0 Å². The van der Waals surface area contributed by atoms with Gasteiger partial charge in [0.05, 0.1) is 0 Å². The Kier molecular flexibility index (Phi) is 4.99. The second kappa shape index (κ2) is 7.56. The van der Waals surface area contributed by atoms with Crippen LogP contribution in [-0.2, 0) is 6.54 Å². The third kappa shape index (κ3) is 4.22. The molecule has 6 heteroatoms. The summed E-state index contributed by atoms with van der Waals surface area (Å²) in [7, 11) is 0. The van der Waals surface area contributed by atoms with Gasteiger partial charge < -0.3 is 4.98 Å². The van der Waals surface area contributed by atoms with Gasteiger partial charge in [-0.15, -0.1) is 0 Å². The fraction of sp³-hybridized carbons (Fsp3) is 0.381. The maximum Gasteiger partial charge on any atom is 0.156 e. The van der Waals surface area contributed by atoms with E-state index in [-0.39, 0.29) is 5.82 Å². The van der Waals surface area contributed by atoms with E-state index in [0.717, 1.165) is 66.8 Å². The van der Waals surface area contributed by atoms with Crippen LogP contribution in [0, 0.1) is 19.7 Å². The first kappa shape index (κ1) is 17.8. The van der Waals surface area contributed by atoms with Crippen molar-refractivity contribution >= 4 is 0 Å². The SMILES string of the molecule is Cc1cc(-c2ncc(C)[nH]2)nc(C2CCCN(Cc3ccc(F)cc3)C2)n1. The summed E-state index contributed by atoms with van der Waals surface area (Å²) >= 11 is 0. The third-order valence-electron chi connectivity index (χ3n) is 5.01. The predicted molar refractivity (Wildman–Crippen MR) is 103 cm³/mol. The van der Waals surface area contributed by atoms with Gasteiger partial charge in [0.25, 0.3) is 0 Å². The van der Waals surface area contributed by atoms with Gasteiger partial charge in [-0.05, 0) is 57.0 Å². The molecule has 3 heterocycles. The van der Waals surface area contributed by atoms with Gasteiger partial charge in [-0.3, -0.25) is 4.90 Å². The Morgan fingerprint density at radius 2 is 2.00 bits per heavy atom. The number of nitrogens with zero attached hydrogens (tertiary/aromatic N) is 4. The van der Waals surface area contributed by atoms with Crippen molar-refractivity contribution in [3.05, 3.63) is 65.1 Å². The first-order valence-corrected chi connectivity index (χ1v) is 9.41. The molecule has 0 radical (unpaired) electrons. The highest BCUT2D eigenvalue weighted by atomic mass is 19.1. The van der Waals surface area contributed by atoms with Crippen molar-refractivity contribution < 1.29 is 4.39 Å². The Balaban J connectivity index is 1.52. The number of aryl methyl sites for hydroxylation is 2. The predicted octanol–water partition coefficient (Wildman–Crippen LogP) is 4.00. The maximum atomic E-state index is 13.1.